The smallest absolute Gasteiger partial charge is 0.307 e. The first-order valence-electron chi connectivity index (χ1n) is 10.9. The van der Waals surface area contributed by atoms with Gasteiger partial charge in [-0.05, 0) is 48.6 Å². The van der Waals surface area contributed by atoms with Crippen LogP contribution in [-0.4, -0.2) is 18.4 Å². The third-order valence-electron chi connectivity index (χ3n) is 5.85. The highest BCUT2D eigenvalue weighted by molar-refractivity contribution is 6.30. The van der Waals surface area contributed by atoms with Gasteiger partial charge >= 0.3 is 5.97 Å². The number of ether oxygens (including phenoxy) is 1. The lowest BCUT2D eigenvalue weighted by atomic mass is 9.75. The number of esters is 1. The van der Waals surface area contributed by atoms with Crippen LogP contribution in [0.5, 0.6) is 0 Å². The zero-order valence-corrected chi connectivity index (χ0v) is 19.6. The predicted octanol–water partition coefficient (Wildman–Crippen LogP) is 6.66. The fourth-order valence-electron chi connectivity index (χ4n) is 4.09. The number of aryl methyl sites for hydroxylation is 2. The second-order valence-electron chi connectivity index (χ2n) is 8.18. The van der Waals surface area contributed by atoms with Gasteiger partial charge in [0.05, 0.1) is 6.42 Å². The van der Waals surface area contributed by atoms with Crippen molar-refractivity contribution in [2.24, 2.45) is 0 Å². The molecule has 0 saturated heterocycles. The molecule has 0 radical (unpaired) electrons. The molecule has 0 spiro atoms. The normalized spacial score (nSPS) is 12.4. The van der Waals surface area contributed by atoms with Crippen LogP contribution in [0.1, 0.15) is 57.3 Å². The van der Waals surface area contributed by atoms with Gasteiger partial charge in [-0.15, -0.1) is 6.42 Å². The number of ketones is 1. The van der Waals surface area contributed by atoms with Crippen LogP contribution in [0.15, 0.2) is 72.8 Å². The molecule has 0 N–H and O–H groups in total. The van der Waals surface area contributed by atoms with Crippen molar-refractivity contribution in [1.82, 2.24) is 0 Å². The number of rotatable bonds is 9. The van der Waals surface area contributed by atoms with Gasteiger partial charge in [0.25, 0.3) is 0 Å². The number of Topliss-reactive ketones (excluding diaryl/α,β-unsaturated/α-hetero) is 1. The van der Waals surface area contributed by atoms with Crippen molar-refractivity contribution in [1.29, 1.82) is 0 Å². The van der Waals surface area contributed by atoms with Crippen molar-refractivity contribution in [2.75, 3.05) is 6.61 Å². The highest BCUT2D eigenvalue weighted by atomic mass is 35.5. The maximum absolute atomic E-state index is 13.3. The molecule has 33 heavy (non-hydrogen) atoms. The Hall–Kier alpha value is -3.35. The Morgan fingerprint density at radius 2 is 1.58 bits per heavy atom. The maximum atomic E-state index is 13.3. The van der Waals surface area contributed by atoms with Crippen LogP contribution in [0.2, 0.25) is 5.02 Å². The summed E-state index contributed by atoms with van der Waals surface area (Å²) in [4.78, 5) is 26.0. The third kappa shape index (κ3) is 6.57. The van der Waals surface area contributed by atoms with Crippen LogP contribution >= 0.6 is 11.6 Å². The molecule has 0 aromatic heterocycles. The minimum absolute atomic E-state index is 0.0190. The molecule has 3 rings (SSSR count). The molecule has 0 aliphatic rings. The Labute approximate surface area is 200 Å². The summed E-state index contributed by atoms with van der Waals surface area (Å²) in [6.07, 6.45) is 5.62. The van der Waals surface area contributed by atoms with E-state index in [0.717, 1.165) is 22.3 Å². The van der Waals surface area contributed by atoms with Gasteiger partial charge in [-0.25, -0.2) is 0 Å². The number of carbonyl (C=O) groups excluding carboxylic acids is 2. The average Bonchev–Trinajstić information content (AvgIpc) is 2.81. The maximum Gasteiger partial charge on any atom is 0.307 e. The second kappa shape index (κ2) is 11.5. The summed E-state index contributed by atoms with van der Waals surface area (Å²) in [7, 11) is 0. The van der Waals surface area contributed by atoms with E-state index in [1.807, 2.05) is 86.6 Å². The molecule has 0 fully saturated rings. The van der Waals surface area contributed by atoms with E-state index in [1.165, 1.54) is 0 Å². The fraction of sp³-hybridized carbons (Fsp3) is 0.241. The lowest BCUT2D eigenvalue weighted by molar-refractivity contribution is -0.142. The number of carbonyl (C=O) groups is 2. The minimum atomic E-state index is -0.386. The molecule has 0 saturated carbocycles. The molecule has 0 heterocycles. The van der Waals surface area contributed by atoms with Crippen molar-refractivity contribution in [3.05, 3.63) is 106 Å². The first kappa shape index (κ1) is 24.3. The average molecular weight is 459 g/mol. The van der Waals surface area contributed by atoms with Gasteiger partial charge in [-0.1, -0.05) is 83.7 Å². The predicted molar refractivity (Wildman–Crippen MR) is 133 cm³/mol. The minimum Gasteiger partial charge on any atom is -0.452 e. The van der Waals surface area contributed by atoms with E-state index in [9.17, 15) is 9.59 Å². The van der Waals surface area contributed by atoms with Gasteiger partial charge in [0, 0.05) is 22.9 Å². The molecule has 0 amide bonds. The number of hydrogen-bond acceptors (Lipinski definition) is 3. The molecule has 2 atom stereocenters. The molecule has 3 aromatic rings. The van der Waals surface area contributed by atoms with E-state index in [2.05, 4.69) is 5.92 Å². The summed E-state index contributed by atoms with van der Waals surface area (Å²) in [5, 5.41) is 0.614. The van der Waals surface area contributed by atoms with E-state index in [4.69, 9.17) is 22.8 Å². The first-order chi connectivity index (χ1) is 15.9. The quantitative estimate of drug-likeness (QED) is 0.204. The second-order valence-corrected chi connectivity index (χ2v) is 8.62. The van der Waals surface area contributed by atoms with E-state index in [-0.39, 0.29) is 43.0 Å². The third-order valence-corrected chi connectivity index (χ3v) is 6.11. The lowest BCUT2D eigenvalue weighted by Crippen LogP contribution is -2.21. The molecule has 0 aliphatic heterocycles. The molecule has 3 aromatic carbocycles. The molecular formula is C29H27ClO3. The molecule has 3 nitrogen and oxygen atoms in total. The van der Waals surface area contributed by atoms with E-state index in [1.54, 1.807) is 0 Å². The summed E-state index contributed by atoms with van der Waals surface area (Å²) in [5.74, 6) is 1.44. The highest BCUT2D eigenvalue weighted by Crippen LogP contribution is 2.40. The van der Waals surface area contributed by atoms with Crippen LogP contribution in [-0.2, 0) is 9.53 Å². The Balaban J connectivity index is 2.04. The van der Waals surface area contributed by atoms with Gasteiger partial charge in [0.15, 0.2) is 12.4 Å². The van der Waals surface area contributed by atoms with Gasteiger partial charge in [-0.2, -0.15) is 0 Å². The van der Waals surface area contributed by atoms with Crippen LogP contribution in [0.25, 0.3) is 0 Å². The Morgan fingerprint density at radius 1 is 0.909 bits per heavy atom. The monoisotopic (exact) mass is 458 g/mol. The first-order valence-corrected chi connectivity index (χ1v) is 11.3. The van der Waals surface area contributed by atoms with E-state index >= 15 is 0 Å². The van der Waals surface area contributed by atoms with Crippen molar-refractivity contribution >= 4 is 23.4 Å². The summed E-state index contributed by atoms with van der Waals surface area (Å²) in [6.45, 7) is 3.92. The van der Waals surface area contributed by atoms with Crippen LogP contribution in [0.4, 0.5) is 0 Å². The van der Waals surface area contributed by atoms with Crippen LogP contribution in [0, 0.1) is 26.2 Å². The van der Waals surface area contributed by atoms with Crippen molar-refractivity contribution in [2.45, 2.75) is 38.5 Å². The van der Waals surface area contributed by atoms with Crippen molar-refractivity contribution in [3.8, 4) is 12.3 Å². The van der Waals surface area contributed by atoms with Crippen molar-refractivity contribution in [3.63, 3.8) is 0 Å². The van der Waals surface area contributed by atoms with Gasteiger partial charge in [0.1, 0.15) is 0 Å². The summed E-state index contributed by atoms with van der Waals surface area (Å²) < 4.78 is 5.21. The van der Waals surface area contributed by atoms with Gasteiger partial charge in [-0.3, -0.25) is 9.59 Å². The van der Waals surface area contributed by atoms with Crippen LogP contribution < -0.4 is 0 Å². The van der Waals surface area contributed by atoms with Gasteiger partial charge in [0.2, 0.25) is 0 Å². The Morgan fingerprint density at radius 3 is 2.21 bits per heavy atom. The zero-order valence-electron chi connectivity index (χ0n) is 18.9. The molecule has 4 heteroatoms. The Bertz CT molecular complexity index is 1140. The Kier molecular flexibility index (Phi) is 8.46. The van der Waals surface area contributed by atoms with Gasteiger partial charge < -0.3 is 4.74 Å². The van der Waals surface area contributed by atoms with Crippen molar-refractivity contribution < 1.29 is 14.3 Å². The molecule has 168 valence electrons. The number of terminal acetylenes is 1. The number of halogens is 1. The zero-order chi connectivity index (χ0) is 23.8. The molecule has 0 bridgehead atoms. The summed E-state index contributed by atoms with van der Waals surface area (Å²) in [5.41, 5.74) is 4.74. The highest BCUT2D eigenvalue weighted by Gasteiger charge is 2.31. The number of benzene rings is 3. The topological polar surface area (TPSA) is 43.4 Å². The van der Waals surface area contributed by atoms with Crippen LogP contribution in [0.3, 0.4) is 0 Å². The van der Waals surface area contributed by atoms with E-state index < -0.39 is 0 Å². The molecule has 0 unspecified atom stereocenters. The molecule has 0 aliphatic carbocycles. The summed E-state index contributed by atoms with van der Waals surface area (Å²) >= 11 is 6.14. The number of hydrogen-bond donors (Lipinski definition) is 0. The van der Waals surface area contributed by atoms with E-state index in [0.29, 0.717) is 10.6 Å². The SMILES string of the molecule is C#CCOC(=O)C[C@@H](c1ccccc1C)[C@H](CC(=O)c1ccc(C)cc1)c1ccc(Cl)cc1. The fourth-order valence-corrected chi connectivity index (χ4v) is 4.22. The lowest BCUT2D eigenvalue weighted by Gasteiger charge is -2.28. The molecular weight excluding hydrogens is 432 g/mol. The standard InChI is InChI=1S/C29H27ClO3/c1-4-17-33-29(32)19-27(25-8-6-5-7-21(25)3)26(22-13-15-24(30)16-14-22)18-28(31)23-11-9-20(2)10-12-23/h1,5-16,26-27H,17-19H2,2-3H3/t26-,27+/m1/s1. The summed E-state index contributed by atoms with van der Waals surface area (Å²) in [6, 6.07) is 23.0. The largest absolute Gasteiger partial charge is 0.452 e.